The summed E-state index contributed by atoms with van der Waals surface area (Å²) < 4.78 is 0. The lowest BCUT2D eigenvalue weighted by Crippen LogP contribution is -2.06. The second-order valence-electron chi connectivity index (χ2n) is 6.09. The number of unbranched alkanes of at least 4 members (excludes halogenated alkanes) is 12. The quantitative estimate of drug-likeness (QED) is 0.303. The SMILES string of the molecule is CCCCCCCCCCCCCCCC(O)CC=O. The average Bonchev–Trinajstić information content (AvgIpc) is 2.44. The van der Waals surface area contributed by atoms with E-state index in [1.165, 1.54) is 77.0 Å². The highest BCUT2D eigenvalue weighted by molar-refractivity contribution is 5.49. The Balaban J connectivity index is 3.01. The molecule has 0 aromatic rings. The van der Waals surface area contributed by atoms with Gasteiger partial charge in [0.25, 0.3) is 0 Å². The molecule has 0 aromatic carbocycles. The molecule has 0 aliphatic heterocycles. The normalized spacial score (nSPS) is 12.5. The van der Waals surface area contributed by atoms with E-state index in [1.807, 2.05) is 0 Å². The highest BCUT2D eigenvalue weighted by Crippen LogP contribution is 2.13. The van der Waals surface area contributed by atoms with Gasteiger partial charge < -0.3 is 9.90 Å². The molecule has 0 amide bonds. The third-order valence-electron chi connectivity index (χ3n) is 4.01. The number of carbonyl (C=O) groups excluding carboxylic acids is 1. The van der Waals surface area contributed by atoms with Gasteiger partial charge in [-0.2, -0.15) is 0 Å². The molecule has 1 unspecified atom stereocenters. The lowest BCUT2D eigenvalue weighted by molar-refractivity contribution is -0.109. The van der Waals surface area contributed by atoms with Crippen LogP contribution in [0, 0.1) is 0 Å². The van der Waals surface area contributed by atoms with E-state index in [9.17, 15) is 9.90 Å². The average molecular weight is 284 g/mol. The predicted molar refractivity (Wildman–Crippen MR) is 87.0 cm³/mol. The molecule has 0 aliphatic rings. The molecule has 0 saturated carbocycles. The summed E-state index contributed by atoms with van der Waals surface area (Å²) in [6.45, 7) is 2.27. The Kier molecular flexibility index (Phi) is 16.4. The predicted octanol–water partition coefficient (Wildman–Crippen LogP) is 5.42. The van der Waals surface area contributed by atoms with Crippen molar-refractivity contribution >= 4 is 6.29 Å². The molecule has 1 N–H and O–H groups in total. The van der Waals surface area contributed by atoms with Crippen molar-refractivity contribution in [1.82, 2.24) is 0 Å². The first kappa shape index (κ1) is 19.6. The topological polar surface area (TPSA) is 37.3 Å². The first-order chi connectivity index (χ1) is 9.81. The number of hydrogen-bond acceptors (Lipinski definition) is 2. The molecule has 1 atom stereocenters. The van der Waals surface area contributed by atoms with Crippen molar-refractivity contribution in [2.75, 3.05) is 0 Å². The van der Waals surface area contributed by atoms with Crippen LogP contribution in [0.1, 0.15) is 103 Å². The molecular weight excluding hydrogens is 248 g/mol. The van der Waals surface area contributed by atoms with Crippen molar-refractivity contribution in [3.63, 3.8) is 0 Å². The maximum Gasteiger partial charge on any atom is 0.122 e. The van der Waals surface area contributed by atoms with Gasteiger partial charge in [-0.25, -0.2) is 0 Å². The molecule has 0 fully saturated rings. The Bertz CT molecular complexity index is 192. The Labute approximate surface area is 126 Å². The van der Waals surface area contributed by atoms with E-state index in [1.54, 1.807) is 0 Å². The van der Waals surface area contributed by atoms with Gasteiger partial charge in [0, 0.05) is 6.42 Å². The van der Waals surface area contributed by atoms with Gasteiger partial charge in [-0.15, -0.1) is 0 Å². The maximum atomic E-state index is 10.2. The Morgan fingerprint density at radius 1 is 0.750 bits per heavy atom. The van der Waals surface area contributed by atoms with Crippen LogP contribution in [0.25, 0.3) is 0 Å². The molecule has 0 saturated heterocycles. The second-order valence-corrected chi connectivity index (χ2v) is 6.09. The number of aldehydes is 1. The highest BCUT2D eigenvalue weighted by Gasteiger charge is 2.01. The molecule has 2 heteroatoms. The first-order valence-electron chi connectivity index (χ1n) is 8.93. The van der Waals surface area contributed by atoms with E-state index in [4.69, 9.17) is 0 Å². The lowest BCUT2D eigenvalue weighted by atomic mass is 10.0. The summed E-state index contributed by atoms with van der Waals surface area (Å²) in [5.74, 6) is 0. The Morgan fingerprint density at radius 3 is 1.55 bits per heavy atom. The molecule has 0 bridgehead atoms. The molecule has 0 aromatic heterocycles. The standard InChI is InChI=1S/C18H36O2/c1-2-3-4-5-6-7-8-9-10-11-12-13-14-15-18(20)16-17-19/h17-18,20H,2-16H2,1H3. The van der Waals surface area contributed by atoms with Gasteiger partial charge in [-0.3, -0.25) is 0 Å². The van der Waals surface area contributed by atoms with Gasteiger partial charge in [-0.1, -0.05) is 90.4 Å². The number of rotatable bonds is 16. The summed E-state index contributed by atoms with van der Waals surface area (Å²) in [7, 11) is 0. The fourth-order valence-electron chi connectivity index (χ4n) is 2.63. The van der Waals surface area contributed by atoms with Crippen LogP contribution in [0.3, 0.4) is 0 Å². The maximum absolute atomic E-state index is 10.2. The van der Waals surface area contributed by atoms with Gasteiger partial charge in [0.05, 0.1) is 6.10 Å². The van der Waals surface area contributed by atoms with Crippen LogP contribution in [0.5, 0.6) is 0 Å². The molecule has 0 heterocycles. The van der Waals surface area contributed by atoms with E-state index in [0.29, 0.717) is 6.42 Å². The summed E-state index contributed by atoms with van der Waals surface area (Å²) in [4.78, 5) is 10.2. The first-order valence-corrected chi connectivity index (χ1v) is 8.93. The zero-order chi connectivity index (χ0) is 14.9. The monoisotopic (exact) mass is 284 g/mol. The van der Waals surface area contributed by atoms with Crippen molar-refractivity contribution in [3.8, 4) is 0 Å². The van der Waals surface area contributed by atoms with Gasteiger partial charge in [0.15, 0.2) is 0 Å². The number of hydrogen-bond donors (Lipinski definition) is 1. The third kappa shape index (κ3) is 15.7. The van der Waals surface area contributed by atoms with Crippen molar-refractivity contribution in [2.45, 2.75) is 109 Å². The van der Waals surface area contributed by atoms with E-state index in [-0.39, 0.29) is 0 Å². The van der Waals surface area contributed by atoms with E-state index in [2.05, 4.69) is 6.92 Å². The van der Waals surface area contributed by atoms with Crippen LogP contribution >= 0.6 is 0 Å². The van der Waals surface area contributed by atoms with Gasteiger partial charge >= 0.3 is 0 Å². The van der Waals surface area contributed by atoms with Crippen molar-refractivity contribution in [2.24, 2.45) is 0 Å². The van der Waals surface area contributed by atoms with Gasteiger partial charge in [-0.05, 0) is 6.42 Å². The van der Waals surface area contributed by atoms with Crippen LogP contribution < -0.4 is 0 Å². The van der Waals surface area contributed by atoms with Crippen LogP contribution in [0.15, 0.2) is 0 Å². The molecule has 20 heavy (non-hydrogen) atoms. The Hall–Kier alpha value is -0.370. The highest BCUT2D eigenvalue weighted by atomic mass is 16.3. The summed E-state index contributed by atoms with van der Waals surface area (Å²) in [5, 5.41) is 9.40. The molecule has 0 rings (SSSR count). The van der Waals surface area contributed by atoms with Crippen LogP contribution in [-0.2, 0) is 4.79 Å². The van der Waals surface area contributed by atoms with Gasteiger partial charge in [0.1, 0.15) is 6.29 Å². The second kappa shape index (κ2) is 16.7. The van der Waals surface area contributed by atoms with Crippen molar-refractivity contribution in [3.05, 3.63) is 0 Å². The van der Waals surface area contributed by atoms with Crippen LogP contribution in [0.4, 0.5) is 0 Å². The minimum atomic E-state index is -0.403. The lowest BCUT2D eigenvalue weighted by Gasteiger charge is -2.06. The minimum Gasteiger partial charge on any atom is -0.393 e. The van der Waals surface area contributed by atoms with Crippen LogP contribution in [-0.4, -0.2) is 17.5 Å². The summed E-state index contributed by atoms with van der Waals surface area (Å²) in [6.07, 6.45) is 19.0. The molecule has 2 nitrogen and oxygen atoms in total. The third-order valence-corrected chi connectivity index (χ3v) is 4.01. The molecule has 0 aliphatic carbocycles. The fraction of sp³-hybridized carbons (Fsp3) is 0.944. The zero-order valence-corrected chi connectivity index (χ0v) is 13.6. The van der Waals surface area contributed by atoms with E-state index >= 15 is 0 Å². The number of carbonyl (C=O) groups is 1. The largest absolute Gasteiger partial charge is 0.393 e. The van der Waals surface area contributed by atoms with Crippen LogP contribution in [0.2, 0.25) is 0 Å². The summed E-state index contributed by atoms with van der Waals surface area (Å²) in [5.41, 5.74) is 0. The Morgan fingerprint density at radius 2 is 1.15 bits per heavy atom. The van der Waals surface area contributed by atoms with Crippen molar-refractivity contribution < 1.29 is 9.90 Å². The molecule has 0 radical (unpaired) electrons. The summed E-state index contributed by atoms with van der Waals surface area (Å²) in [6, 6.07) is 0. The smallest absolute Gasteiger partial charge is 0.122 e. The summed E-state index contributed by atoms with van der Waals surface area (Å²) >= 11 is 0. The van der Waals surface area contributed by atoms with E-state index in [0.717, 1.165) is 19.1 Å². The minimum absolute atomic E-state index is 0.304. The molecular formula is C18H36O2. The van der Waals surface area contributed by atoms with E-state index < -0.39 is 6.10 Å². The number of aliphatic hydroxyl groups excluding tert-OH is 1. The molecule has 0 spiro atoms. The molecule has 120 valence electrons. The zero-order valence-electron chi connectivity index (χ0n) is 13.6. The van der Waals surface area contributed by atoms with Gasteiger partial charge in [0.2, 0.25) is 0 Å². The fourth-order valence-corrected chi connectivity index (χ4v) is 2.63. The van der Waals surface area contributed by atoms with Crippen molar-refractivity contribution in [1.29, 1.82) is 0 Å². The number of aliphatic hydroxyl groups is 1.